The number of amides is 1. The molecular formula is C21H28N4O. The van der Waals surface area contributed by atoms with Gasteiger partial charge in [0, 0.05) is 31.2 Å². The van der Waals surface area contributed by atoms with Crippen molar-refractivity contribution < 1.29 is 4.79 Å². The number of aromatic nitrogens is 2. The lowest BCUT2D eigenvalue weighted by atomic mass is 9.98. The monoisotopic (exact) mass is 352 g/mol. The van der Waals surface area contributed by atoms with Crippen LogP contribution in [-0.4, -0.2) is 29.0 Å². The number of rotatable bonds is 4. The molecular weight excluding hydrogens is 324 g/mol. The lowest BCUT2D eigenvalue weighted by molar-refractivity contribution is 0.102. The minimum absolute atomic E-state index is 0.167. The molecule has 26 heavy (non-hydrogen) atoms. The average Bonchev–Trinajstić information content (AvgIpc) is 2.63. The summed E-state index contributed by atoms with van der Waals surface area (Å²) in [7, 11) is 0. The topological polar surface area (TPSA) is 58.1 Å². The van der Waals surface area contributed by atoms with E-state index < -0.39 is 0 Å². The molecule has 2 heterocycles. The van der Waals surface area contributed by atoms with E-state index >= 15 is 0 Å². The standard InChI is InChI=1S/C21H28N4O/c1-14(2)18-9-5-8-16(4)19(18)24-20(26)17-11-22-21(23-12-17)25-10-6-7-15(3)13-25/h5,8-9,11-12,14-15H,6-7,10,13H2,1-4H3,(H,24,26). The highest BCUT2D eigenvalue weighted by Gasteiger charge is 2.19. The Labute approximate surface area is 155 Å². The second kappa shape index (κ2) is 7.85. The van der Waals surface area contributed by atoms with E-state index in [4.69, 9.17) is 0 Å². The number of aryl methyl sites for hydroxylation is 1. The van der Waals surface area contributed by atoms with E-state index in [9.17, 15) is 4.79 Å². The normalized spacial score (nSPS) is 17.4. The zero-order valence-electron chi connectivity index (χ0n) is 16.1. The number of carbonyl (C=O) groups is 1. The van der Waals surface area contributed by atoms with Gasteiger partial charge in [-0.25, -0.2) is 9.97 Å². The lowest BCUT2D eigenvalue weighted by Crippen LogP contribution is -2.35. The molecule has 0 aliphatic carbocycles. The summed E-state index contributed by atoms with van der Waals surface area (Å²) in [6.45, 7) is 10.5. The van der Waals surface area contributed by atoms with Crippen LogP contribution in [0.15, 0.2) is 30.6 Å². The molecule has 2 aromatic rings. The van der Waals surface area contributed by atoms with Gasteiger partial charge in [-0.2, -0.15) is 0 Å². The van der Waals surface area contributed by atoms with Gasteiger partial charge in [-0.05, 0) is 42.7 Å². The number of benzene rings is 1. The first-order chi connectivity index (χ1) is 12.5. The average molecular weight is 352 g/mol. The molecule has 1 saturated heterocycles. The van der Waals surface area contributed by atoms with Crippen molar-refractivity contribution in [3.05, 3.63) is 47.3 Å². The van der Waals surface area contributed by atoms with Crippen molar-refractivity contribution >= 4 is 17.5 Å². The molecule has 1 aliphatic heterocycles. The van der Waals surface area contributed by atoms with Crippen molar-refractivity contribution in [3.8, 4) is 0 Å². The van der Waals surface area contributed by atoms with Gasteiger partial charge in [-0.1, -0.05) is 39.0 Å². The van der Waals surface area contributed by atoms with Crippen LogP contribution in [0.25, 0.3) is 0 Å². The van der Waals surface area contributed by atoms with Gasteiger partial charge in [-0.3, -0.25) is 4.79 Å². The zero-order chi connectivity index (χ0) is 18.7. The van der Waals surface area contributed by atoms with Gasteiger partial charge in [-0.15, -0.1) is 0 Å². The Morgan fingerprint density at radius 2 is 2.00 bits per heavy atom. The van der Waals surface area contributed by atoms with Crippen LogP contribution in [0.2, 0.25) is 0 Å². The third kappa shape index (κ3) is 4.03. The van der Waals surface area contributed by atoms with Crippen molar-refractivity contribution in [2.24, 2.45) is 5.92 Å². The molecule has 1 unspecified atom stereocenters. The summed E-state index contributed by atoms with van der Waals surface area (Å²) < 4.78 is 0. The Morgan fingerprint density at radius 1 is 1.27 bits per heavy atom. The van der Waals surface area contributed by atoms with Crippen LogP contribution >= 0.6 is 0 Å². The SMILES string of the molecule is Cc1cccc(C(C)C)c1NC(=O)c1cnc(N2CCCC(C)C2)nc1. The fraction of sp³-hybridized carbons (Fsp3) is 0.476. The minimum atomic E-state index is -0.167. The van der Waals surface area contributed by atoms with E-state index in [1.807, 2.05) is 19.1 Å². The first kappa shape index (κ1) is 18.4. The van der Waals surface area contributed by atoms with Gasteiger partial charge < -0.3 is 10.2 Å². The predicted octanol–water partition coefficient (Wildman–Crippen LogP) is 4.40. The molecule has 0 spiro atoms. The van der Waals surface area contributed by atoms with Crippen LogP contribution in [0, 0.1) is 12.8 Å². The number of piperidine rings is 1. The maximum Gasteiger partial charge on any atom is 0.258 e. The summed E-state index contributed by atoms with van der Waals surface area (Å²) in [4.78, 5) is 23.7. The molecule has 1 aromatic carbocycles. The van der Waals surface area contributed by atoms with Crippen molar-refractivity contribution in [3.63, 3.8) is 0 Å². The van der Waals surface area contributed by atoms with E-state index in [1.54, 1.807) is 12.4 Å². The number of carbonyl (C=O) groups excluding carboxylic acids is 1. The molecule has 0 radical (unpaired) electrons. The molecule has 1 fully saturated rings. The Bertz CT molecular complexity index is 770. The predicted molar refractivity (Wildman–Crippen MR) is 106 cm³/mol. The number of hydrogen-bond donors (Lipinski definition) is 1. The van der Waals surface area contributed by atoms with Crippen LogP contribution in [0.5, 0.6) is 0 Å². The summed E-state index contributed by atoms with van der Waals surface area (Å²) in [5.41, 5.74) is 3.57. The molecule has 138 valence electrons. The Hall–Kier alpha value is -2.43. The molecule has 5 heteroatoms. The van der Waals surface area contributed by atoms with E-state index in [0.717, 1.165) is 36.3 Å². The van der Waals surface area contributed by atoms with Gasteiger partial charge in [0.1, 0.15) is 0 Å². The maximum atomic E-state index is 12.7. The largest absolute Gasteiger partial charge is 0.341 e. The highest BCUT2D eigenvalue weighted by Crippen LogP contribution is 2.28. The Morgan fingerprint density at radius 3 is 2.65 bits per heavy atom. The maximum absolute atomic E-state index is 12.7. The fourth-order valence-electron chi connectivity index (χ4n) is 3.50. The van der Waals surface area contributed by atoms with E-state index in [-0.39, 0.29) is 5.91 Å². The Kier molecular flexibility index (Phi) is 5.55. The second-order valence-corrected chi connectivity index (χ2v) is 7.61. The first-order valence-electron chi connectivity index (χ1n) is 9.43. The first-order valence-corrected chi connectivity index (χ1v) is 9.43. The Balaban J connectivity index is 1.75. The summed E-state index contributed by atoms with van der Waals surface area (Å²) >= 11 is 0. The van der Waals surface area contributed by atoms with E-state index in [0.29, 0.717) is 23.3 Å². The smallest absolute Gasteiger partial charge is 0.258 e. The summed E-state index contributed by atoms with van der Waals surface area (Å²) in [6.07, 6.45) is 5.68. The second-order valence-electron chi connectivity index (χ2n) is 7.61. The third-order valence-corrected chi connectivity index (χ3v) is 5.01. The zero-order valence-corrected chi connectivity index (χ0v) is 16.1. The number of hydrogen-bond acceptors (Lipinski definition) is 4. The van der Waals surface area contributed by atoms with Gasteiger partial charge in [0.25, 0.3) is 5.91 Å². The summed E-state index contributed by atoms with van der Waals surface area (Å²) in [5.74, 6) is 1.54. The van der Waals surface area contributed by atoms with Crippen LogP contribution in [0.1, 0.15) is 61.0 Å². The highest BCUT2D eigenvalue weighted by molar-refractivity contribution is 6.04. The molecule has 1 aromatic heterocycles. The summed E-state index contributed by atoms with van der Waals surface area (Å²) in [5, 5.41) is 3.05. The van der Waals surface area contributed by atoms with Crippen LogP contribution in [0.4, 0.5) is 11.6 Å². The third-order valence-electron chi connectivity index (χ3n) is 5.01. The number of nitrogens with zero attached hydrogens (tertiary/aromatic N) is 3. The van der Waals surface area contributed by atoms with Crippen molar-refractivity contribution in [2.45, 2.75) is 46.5 Å². The van der Waals surface area contributed by atoms with Crippen LogP contribution in [0.3, 0.4) is 0 Å². The van der Waals surface area contributed by atoms with Crippen LogP contribution < -0.4 is 10.2 Å². The lowest BCUT2D eigenvalue weighted by Gasteiger charge is -2.30. The number of nitrogens with one attached hydrogen (secondary N) is 1. The quantitative estimate of drug-likeness (QED) is 0.886. The van der Waals surface area contributed by atoms with Gasteiger partial charge in [0.05, 0.1) is 5.56 Å². The van der Waals surface area contributed by atoms with Gasteiger partial charge in [0.2, 0.25) is 5.95 Å². The van der Waals surface area contributed by atoms with Crippen molar-refractivity contribution in [1.82, 2.24) is 9.97 Å². The minimum Gasteiger partial charge on any atom is -0.341 e. The van der Waals surface area contributed by atoms with Crippen molar-refractivity contribution in [1.29, 1.82) is 0 Å². The number of para-hydroxylation sites is 1. The van der Waals surface area contributed by atoms with Gasteiger partial charge in [0.15, 0.2) is 0 Å². The molecule has 1 atom stereocenters. The van der Waals surface area contributed by atoms with Crippen LogP contribution in [-0.2, 0) is 0 Å². The molecule has 1 aliphatic rings. The van der Waals surface area contributed by atoms with Gasteiger partial charge >= 0.3 is 0 Å². The molecule has 3 rings (SSSR count). The molecule has 5 nitrogen and oxygen atoms in total. The highest BCUT2D eigenvalue weighted by atomic mass is 16.1. The molecule has 0 saturated carbocycles. The molecule has 1 N–H and O–H groups in total. The summed E-state index contributed by atoms with van der Waals surface area (Å²) in [6, 6.07) is 6.10. The molecule has 1 amide bonds. The number of anilines is 2. The van der Waals surface area contributed by atoms with Crippen molar-refractivity contribution in [2.75, 3.05) is 23.3 Å². The fourth-order valence-corrected chi connectivity index (χ4v) is 3.50. The van der Waals surface area contributed by atoms with E-state index in [2.05, 4.69) is 47.0 Å². The van der Waals surface area contributed by atoms with E-state index in [1.165, 1.54) is 6.42 Å². The molecule has 0 bridgehead atoms.